The summed E-state index contributed by atoms with van der Waals surface area (Å²) in [5.41, 5.74) is 3.77. The van der Waals surface area contributed by atoms with Crippen LogP contribution in [0.25, 0.3) is 0 Å². The molecule has 0 aromatic heterocycles. The smallest absolute Gasteiger partial charge is 0.0414 e. The fourth-order valence-corrected chi connectivity index (χ4v) is 3.29. The Bertz CT molecular complexity index is 542. The van der Waals surface area contributed by atoms with Gasteiger partial charge in [0.05, 0.1) is 0 Å². The van der Waals surface area contributed by atoms with E-state index in [1.54, 1.807) is 0 Å². The van der Waals surface area contributed by atoms with Crippen molar-refractivity contribution in [1.82, 2.24) is 0 Å². The van der Waals surface area contributed by atoms with Crippen molar-refractivity contribution in [2.75, 3.05) is 17.3 Å². The molecule has 1 N–H and O–H groups in total. The van der Waals surface area contributed by atoms with Crippen LogP contribution >= 0.6 is 0 Å². The lowest BCUT2D eigenvalue weighted by atomic mass is 9.93. The minimum Gasteiger partial charge on any atom is -0.388 e. The van der Waals surface area contributed by atoms with Crippen LogP contribution in [0.5, 0.6) is 0 Å². The Kier molecular flexibility index (Phi) is 4.44. The first-order valence-corrected chi connectivity index (χ1v) is 8.00. The summed E-state index contributed by atoms with van der Waals surface area (Å²) in [6.07, 6.45) is 6.67. The normalized spacial score (nSPS) is 15.7. The summed E-state index contributed by atoms with van der Waals surface area (Å²) in [4.78, 5) is 2.53. The standard InChI is InChI=1S/C19H24N2/c1-20-16-12-14-19(15-13-16)21(17-8-4-2-5-9-17)18-10-6-3-7-11-18/h2,4-5,8-9,12-15,18,20H,3,6-7,10-11H2,1H3. The first-order valence-electron chi connectivity index (χ1n) is 8.00. The molecule has 2 aromatic carbocycles. The van der Waals surface area contributed by atoms with Crippen LogP contribution in [0, 0.1) is 0 Å². The van der Waals surface area contributed by atoms with Crippen LogP contribution in [0.1, 0.15) is 32.1 Å². The Hall–Kier alpha value is -1.96. The first kappa shape index (κ1) is 14.0. The molecule has 0 aliphatic heterocycles. The van der Waals surface area contributed by atoms with E-state index >= 15 is 0 Å². The third-order valence-corrected chi connectivity index (χ3v) is 4.41. The van der Waals surface area contributed by atoms with Crippen molar-refractivity contribution in [3.05, 3.63) is 54.6 Å². The van der Waals surface area contributed by atoms with Crippen LogP contribution in [-0.4, -0.2) is 13.1 Å². The molecule has 0 spiro atoms. The highest BCUT2D eigenvalue weighted by molar-refractivity contribution is 5.66. The zero-order valence-corrected chi connectivity index (χ0v) is 12.8. The lowest BCUT2D eigenvalue weighted by Gasteiger charge is -2.36. The average Bonchev–Trinajstić information content (AvgIpc) is 2.58. The zero-order chi connectivity index (χ0) is 14.5. The molecule has 3 rings (SSSR count). The molecule has 2 aromatic rings. The minimum atomic E-state index is 0.626. The molecule has 1 aliphatic carbocycles. The van der Waals surface area contributed by atoms with E-state index in [4.69, 9.17) is 0 Å². The molecule has 21 heavy (non-hydrogen) atoms. The molecule has 0 radical (unpaired) electrons. The molecule has 0 atom stereocenters. The van der Waals surface area contributed by atoms with E-state index in [9.17, 15) is 0 Å². The number of nitrogens with zero attached hydrogens (tertiary/aromatic N) is 1. The van der Waals surface area contributed by atoms with E-state index < -0.39 is 0 Å². The van der Waals surface area contributed by atoms with Crippen molar-refractivity contribution in [2.45, 2.75) is 38.1 Å². The summed E-state index contributed by atoms with van der Waals surface area (Å²) in [5.74, 6) is 0. The highest BCUT2D eigenvalue weighted by Crippen LogP contribution is 2.34. The maximum atomic E-state index is 3.19. The zero-order valence-electron chi connectivity index (χ0n) is 12.8. The molecule has 2 nitrogen and oxygen atoms in total. The molecule has 0 saturated heterocycles. The van der Waals surface area contributed by atoms with Gasteiger partial charge in [-0.05, 0) is 49.2 Å². The number of hydrogen-bond acceptors (Lipinski definition) is 2. The second-order valence-corrected chi connectivity index (χ2v) is 5.79. The van der Waals surface area contributed by atoms with Crippen molar-refractivity contribution >= 4 is 17.1 Å². The van der Waals surface area contributed by atoms with Crippen molar-refractivity contribution in [2.24, 2.45) is 0 Å². The minimum absolute atomic E-state index is 0.626. The molecule has 1 aliphatic rings. The van der Waals surface area contributed by atoms with E-state index in [0.29, 0.717) is 6.04 Å². The SMILES string of the molecule is CNc1ccc(N(c2ccccc2)C2CCCCC2)cc1. The van der Waals surface area contributed by atoms with Crippen molar-refractivity contribution in [3.8, 4) is 0 Å². The summed E-state index contributed by atoms with van der Waals surface area (Å²) in [5, 5.41) is 3.19. The second kappa shape index (κ2) is 6.66. The highest BCUT2D eigenvalue weighted by Gasteiger charge is 2.22. The largest absolute Gasteiger partial charge is 0.388 e. The van der Waals surface area contributed by atoms with Crippen LogP contribution in [0.4, 0.5) is 17.1 Å². The van der Waals surface area contributed by atoms with Gasteiger partial charge >= 0.3 is 0 Å². The monoisotopic (exact) mass is 280 g/mol. The summed E-state index contributed by atoms with van der Waals surface area (Å²) in [7, 11) is 1.96. The summed E-state index contributed by atoms with van der Waals surface area (Å²) in [6.45, 7) is 0. The summed E-state index contributed by atoms with van der Waals surface area (Å²) < 4.78 is 0. The molecule has 2 heteroatoms. The topological polar surface area (TPSA) is 15.3 Å². The second-order valence-electron chi connectivity index (χ2n) is 5.79. The van der Waals surface area contributed by atoms with Gasteiger partial charge in [-0.3, -0.25) is 0 Å². The number of para-hydroxylation sites is 1. The van der Waals surface area contributed by atoms with Gasteiger partial charge in [0, 0.05) is 30.2 Å². The fourth-order valence-electron chi connectivity index (χ4n) is 3.29. The van der Waals surface area contributed by atoms with Gasteiger partial charge in [-0.2, -0.15) is 0 Å². The molecule has 0 amide bonds. The molecule has 0 bridgehead atoms. The average molecular weight is 280 g/mol. The Morgan fingerprint density at radius 1 is 0.810 bits per heavy atom. The van der Waals surface area contributed by atoms with E-state index in [2.05, 4.69) is 64.8 Å². The van der Waals surface area contributed by atoms with Crippen LogP contribution in [0.2, 0.25) is 0 Å². The number of rotatable bonds is 4. The third kappa shape index (κ3) is 3.21. The van der Waals surface area contributed by atoms with Gasteiger partial charge in [-0.1, -0.05) is 37.5 Å². The fraction of sp³-hybridized carbons (Fsp3) is 0.368. The first-order chi connectivity index (χ1) is 10.4. The van der Waals surface area contributed by atoms with Gasteiger partial charge < -0.3 is 10.2 Å². The number of benzene rings is 2. The molecule has 1 fully saturated rings. The Morgan fingerprint density at radius 2 is 1.43 bits per heavy atom. The van der Waals surface area contributed by atoms with Crippen LogP contribution in [0.15, 0.2) is 54.6 Å². The van der Waals surface area contributed by atoms with Crippen LogP contribution < -0.4 is 10.2 Å². The van der Waals surface area contributed by atoms with Gasteiger partial charge in [-0.25, -0.2) is 0 Å². The molecule has 0 unspecified atom stereocenters. The van der Waals surface area contributed by atoms with Gasteiger partial charge in [0.25, 0.3) is 0 Å². The predicted octanol–water partition coefficient (Wildman–Crippen LogP) is 5.20. The quantitative estimate of drug-likeness (QED) is 0.828. The lowest BCUT2D eigenvalue weighted by Crippen LogP contribution is -2.32. The molecular formula is C19H24N2. The molecule has 1 saturated carbocycles. The lowest BCUT2D eigenvalue weighted by molar-refractivity contribution is 0.436. The molecule has 110 valence electrons. The van der Waals surface area contributed by atoms with Gasteiger partial charge in [0.1, 0.15) is 0 Å². The highest BCUT2D eigenvalue weighted by atomic mass is 15.2. The Labute approximate surface area is 127 Å². The van der Waals surface area contributed by atoms with Gasteiger partial charge in [0.2, 0.25) is 0 Å². The summed E-state index contributed by atoms with van der Waals surface area (Å²) >= 11 is 0. The molecule has 0 heterocycles. The number of nitrogens with one attached hydrogen (secondary N) is 1. The van der Waals surface area contributed by atoms with E-state index in [1.165, 1.54) is 43.5 Å². The number of anilines is 3. The summed E-state index contributed by atoms with van der Waals surface area (Å²) in [6, 6.07) is 20.2. The number of hydrogen-bond donors (Lipinski definition) is 1. The van der Waals surface area contributed by atoms with Crippen LogP contribution in [-0.2, 0) is 0 Å². The van der Waals surface area contributed by atoms with E-state index in [-0.39, 0.29) is 0 Å². The van der Waals surface area contributed by atoms with Crippen LogP contribution in [0.3, 0.4) is 0 Å². The molecular weight excluding hydrogens is 256 g/mol. The van der Waals surface area contributed by atoms with E-state index in [1.807, 2.05) is 7.05 Å². The van der Waals surface area contributed by atoms with Gasteiger partial charge in [-0.15, -0.1) is 0 Å². The van der Waals surface area contributed by atoms with Gasteiger partial charge in [0.15, 0.2) is 0 Å². The van der Waals surface area contributed by atoms with Crippen molar-refractivity contribution < 1.29 is 0 Å². The Balaban J connectivity index is 1.94. The maximum absolute atomic E-state index is 3.19. The van der Waals surface area contributed by atoms with E-state index in [0.717, 1.165) is 5.69 Å². The van der Waals surface area contributed by atoms with Crippen molar-refractivity contribution in [1.29, 1.82) is 0 Å². The predicted molar refractivity (Wildman–Crippen MR) is 91.4 cm³/mol. The maximum Gasteiger partial charge on any atom is 0.0414 e. The Morgan fingerprint density at radius 3 is 2.05 bits per heavy atom. The third-order valence-electron chi connectivity index (χ3n) is 4.41. The van der Waals surface area contributed by atoms with Crippen molar-refractivity contribution in [3.63, 3.8) is 0 Å².